The zero-order valence-electron chi connectivity index (χ0n) is 8.77. The standard InChI is InChI=1S/C12H14NS2/c1-14-12-13-7-10-5-3-2-4-9(10)6-11(13)8-15-12/h2-5,11H,6-8H2,1H3/q+1/t11-/m0/s1. The Morgan fingerprint density at radius 3 is 2.93 bits per heavy atom. The molecule has 0 aromatic heterocycles. The Balaban J connectivity index is 2.02. The van der Waals surface area contributed by atoms with Crippen LogP contribution in [0.5, 0.6) is 0 Å². The molecule has 3 rings (SSSR count). The van der Waals surface area contributed by atoms with E-state index >= 15 is 0 Å². The maximum atomic E-state index is 2.58. The predicted molar refractivity (Wildman–Crippen MR) is 68.9 cm³/mol. The van der Waals surface area contributed by atoms with Crippen LogP contribution in [0.2, 0.25) is 0 Å². The van der Waals surface area contributed by atoms with Crippen molar-refractivity contribution in [1.82, 2.24) is 0 Å². The first-order valence-corrected chi connectivity index (χ1v) is 7.46. The first-order valence-electron chi connectivity index (χ1n) is 5.25. The largest absolute Gasteiger partial charge is 0.270 e. The molecule has 1 atom stereocenters. The third-order valence-electron chi connectivity index (χ3n) is 3.16. The summed E-state index contributed by atoms with van der Waals surface area (Å²) in [7, 11) is 0. The van der Waals surface area contributed by atoms with E-state index in [-0.39, 0.29) is 0 Å². The van der Waals surface area contributed by atoms with Crippen molar-refractivity contribution in [3.8, 4) is 0 Å². The van der Waals surface area contributed by atoms with Crippen molar-refractivity contribution in [3.63, 3.8) is 0 Å². The molecule has 0 saturated carbocycles. The second-order valence-electron chi connectivity index (χ2n) is 4.04. The molecule has 78 valence electrons. The third-order valence-corrected chi connectivity index (χ3v) is 5.63. The fraction of sp³-hybridized carbons (Fsp3) is 0.417. The van der Waals surface area contributed by atoms with E-state index in [2.05, 4.69) is 35.1 Å². The molecule has 2 aliphatic heterocycles. The fourth-order valence-electron chi connectivity index (χ4n) is 2.38. The summed E-state index contributed by atoms with van der Waals surface area (Å²) in [5, 5.41) is 0. The third kappa shape index (κ3) is 1.62. The van der Waals surface area contributed by atoms with Gasteiger partial charge in [0.05, 0.1) is 5.75 Å². The van der Waals surface area contributed by atoms with E-state index in [1.165, 1.54) is 22.1 Å². The van der Waals surface area contributed by atoms with Crippen LogP contribution in [0.4, 0.5) is 0 Å². The molecule has 0 saturated heterocycles. The molecule has 1 aromatic rings. The van der Waals surface area contributed by atoms with Gasteiger partial charge in [0.15, 0.2) is 12.6 Å². The lowest BCUT2D eigenvalue weighted by molar-refractivity contribution is -0.572. The van der Waals surface area contributed by atoms with Gasteiger partial charge in [-0.1, -0.05) is 36.0 Å². The van der Waals surface area contributed by atoms with Crippen LogP contribution in [0, 0.1) is 0 Å². The molecule has 1 aromatic carbocycles. The molecule has 2 aliphatic rings. The van der Waals surface area contributed by atoms with Crippen molar-refractivity contribution in [2.45, 2.75) is 19.0 Å². The molecule has 0 radical (unpaired) electrons. The molecule has 1 nitrogen and oxygen atoms in total. The van der Waals surface area contributed by atoms with Gasteiger partial charge >= 0.3 is 0 Å². The minimum atomic E-state index is 0.743. The van der Waals surface area contributed by atoms with E-state index in [1.807, 2.05) is 23.5 Å². The number of hydrogen-bond acceptors (Lipinski definition) is 2. The Labute approximate surface area is 99.0 Å². The molecule has 15 heavy (non-hydrogen) atoms. The minimum Gasteiger partial charge on any atom is -0.210 e. The van der Waals surface area contributed by atoms with E-state index in [1.54, 1.807) is 5.56 Å². The fourth-order valence-corrected chi connectivity index (χ4v) is 4.51. The van der Waals surface area contributed by atoms with Crippen molar-refractivity contribution in [3.05, 3.63) is 35.4 Å². The highest BCUT2D eigenvalue weighted by Gasteiger charge is 2.37. The van der Waals surface area contributed by atoms with Crippen molar-refractivity contribution in [2.24, 2.45) is 0 Å². The maximum absolute atomic E-state index is 2.58. The van der Waals surface area contributed by atoms with Gasteiger partial charge in [-0.2, -0.15) is 0 Å². The van der Waals surface area contributed by atoms with Crippen LogP contribution in [0.15, 0.2) is 24.3 Å². The highest BCUT2D eigenvalue weighted by atomic mass is 32.2. The van der Waals surface area contributed by atoms with Crippen LogP contribution in [0.3, 0.4) is 0 Å². The summed E-state index contributed by atoms with van der Waals surface area (Å²) in [5.74, 6) is 1.27. The molecular weight excluding hydrogens is 222 g/mol. The molecule has 0 aliphatic carbocycles. The topological polar surface area (TPSA) is 3.01 Å². The Bertz CT molecular complexity index is 425. The molecular formula is C12H14NS2+. The molecule has 3 heteroatoms. The van der Waals surface area contributed by atoms with E-state index in [0.29, 0.717) is 0 Å². The first kappa shape index (κ1) is 9.79. The van der Waals surface area contributed by atoms with Gasteiger partial charge in [0.25, 0.3) is 4.38 Å². The van der Waals surface area contributed by atoms with Gasteiger partial charge in [0, 0.05) is 12.0 Å². The van der Waals surface area contributed by atoms with Gasteiger partial charge in [-0.3, -0.25) is 0 Å². The Morgan fingerprint density at radius 1 is 1.33 bits per heavy atom. The highest BCUT2D eigenvalue weighted by Crippen LogP contribution is 2.31. The van der Waals surface area contributed by atoms with Gasteiger partial charge in [0.2, 0.25) is 0 Å². The van der Waals surface area contributed by atoms with Crippen LogP contribution < -0.4 is 0 Å². The Kier molecular flexibility index (Phi) is 2.53. The van der Waals surface area contributed by atoms with Crippen molar-refractivity contribution in [2.75, 3.05) is 12.0 Å². The minimum absolute atomic E-state index is 0.743. The van der Waals surface area contributed by atoms with E-state index in [4.69, 9.17) is 0 Å². The van der Waals surface area contributed by atoms with Crippen molar-refractivity contribution < 1.29 is 4.58 Å². The maximum Gasteiger partial charge on any atom is 0.270 e. The van der Waals surface area contributed by atoms with Crippen molar-refractivity contribution in [1.29, 1.82) is 0 Å². The molecule has 0 spiro atoms. The number of thioether (sulfide) groups is 2. The summed E-state index contributed by atoms with van der Waals surface area (Å²) in [6, 6.07) is 9.62. The number of rotatable bonds is 0. The lowest BCUT2D eigenvalue weighted by atomic mass is 9.96. The zero-order valence-corrected chi connectivity index (χ0v) is 10.4. The normalized spacial score (nSPS) is 23.9. The summed E-state index contributed by atoms with van der Waals surface area (Å²) < 4.78 is 4.09. The van der Waals surface area contributed by atoms with Gasteiger partial charge < -0.3 is 0 Å². The van der Waals surface area contributed by atoms with Gasteiger partial charge in [-0.15, -0.1) is 0 Å². The van der Waals surface area contributed by atoms with Crippen LogP contribution in [-0.4, -0.2) is 27.0 Å². The van der Waals surface area contributed by atoms with E-state index < -0.39 is 0 Å². The van der Waals surface area contributed by atoms with E-state index in [0.717, 1.165) is 12.6 Å². The molecule has 0 unspecified atom stereocenters. The molecule has 2 heterocycles. The van der Waals surface area contributed by atoms with Crippen LogP contribution in [0.1, 0.15) is 11.1 Å². The Morgan fingerprint density at radius 2 is 2.13 bits per heavy atom. The second kappa shape index (κ2) is 3.87. The average molecular weight is 236 g/mol. The SMILES string of the molecule is CSC1=[N+]2Cc3ccccc3C[C@H]2CS1. The van der Waals surface area contributed by atoms with Gasteiger partial charge in [0.1, 0.15) is 0 Å². The quantitative estimate of drug-likeness (QED) is 0.637. The smallest absolute Gasteiger partial charge is 0.210 e. The van der Waals surface area contributed by atoms with Crippen molar-refractivity contribution >= 4 is 27.9 Å². The highest BCUT2D eigenvalue weighted by molar-refractivity contribution is 8.38. The summed E-state index contributed by atoms with van der Waals surface area (Å²) in [4.78, 5) is 0. The number of benzene rings is 1. The summed E-state index contributed by atoms with van der Waals surface area (Å²) >= 11 is 3.92. The lowest BCUT2D eigenvalue weighted by Crippen LogP contribution is -2.32. The second-order valence-corrected chi connectivity index (χ2v) is 6.10. The van der Waals surface area contributed by atoms with Crippen LogP contribution in [0.25, 0.3) is 0 Å². The first-order chi connectivity index (χ1) is 7.38. The molecule has 0 fully saturated rings. The lowest BCUT2D eigenvalue weighted by Gasteiger charge is -2.19. The van der Waals surface area contributed by atoms with Gasteiger partial charge in [-0.25, -0.2) is 4.58 Å². The molecule has 0 bridgehead atoms. The summed E-state index contributed by atoms with van der Waals surface area (Å²) in [5.41, 5.74) is 3.07. The van der Waals surface area contributed by atoms with Gasteiger partial charge in [-0.05, 0) is 23.6 Å². The number of nitrogens with zero attached hydrogens (tertiary/aromatic N) is 1. The van der Waals surface area contributed by atoms with E-state index in [9.17, 15) is 0 Å². The number of fused-ring (bicyclic) bond motifs is 2. The molecule has 0 amide bonds. The zero-order chi connectivity index (χ0) is 10.3. The molecule has 0 N–H and O–H groups in total. The van der Waals surface area contributed by atoms with Crippen LogP contribution >= 0.6 is 23.5 Å². The van der Waals surface area contributed by atoms with Crippen LogP contribution in [-0.2, 0) is 13.0 Å². The number of hydrogen-bond donors (Lipinski definition) is 0. The predicted octanol–water partition coefficient (Wildman–Crippen LogP) is 2.59. The average Bonchev–Trinajstić information content (AvgIpc) is 2.68. The Hall–Kier alpha value is -0.410. The monoisotopic (exact) mass is 236 g/mol. The summed E-state index contributed by atoms with van der Waals surface area (Å²) in [6.45, 7) is 1.12. The summed E-state index contributed by atoms with van der Waals surface area (Å²) in [6.07, 6.45) is 3.42.